The number of piperazine rings is 2. The molecule has 2 aliphatic heterocycles. The van der Waals surface area contributed by atoms with Crippen LogP contribution in [0.15, 0.2) is 110 Å². The molecular weight excluding hydrogens is 871 g/mol. The van der Waals surface area contributed by atoms with Crippen molar-refractivity contribution < 1.29 is 23.0 Å². The van der Waals surface area contributed by atoms with Gasteiger partial charge in [-0.1, -0.05) is 12.1 Å². The third kappa shape index (κ3) is 10.3. The van der Waals surface area contributed by atoms with E-state index in [4.69, 9.17) is 9.47 Å². The van der Waals surface area contributed by atoms with Crippen LogP contribution < -0.4 is 24.6 Å². The second-order valence-electron chi connectivity index (χ2n) is 18.9. The van der Waals surface area contributed by atoms with Gasteiger partial charge in [0.15, 0.2) is 0 Å². The number of rotatable bonds is 7. The molecule has 0 bridgehead atoms. The molecule has 2 saturated heterocycles. The SMILES string of the molecule is COc1cc(N2CCN(C3CCC(c4c[nH]c5cc(F)ccc45)CC3)CC2)c2ncccc2c1.COc1cc(N2CCNCC2)c2ncccc2c1.O=C1CCC(c2c[nH]c3cc(F)ccc23)CC1. The van der Waals surface area contributed by atoms with Crippen molar-refractivity contribution in [2.75, 3.05) is 76.4 Å². The van der Waals surface area contributed by atoms with Gasteiger partial charge in [0.25, 0.3) is 0 Å². The fourth-order valence-electron chi connectivity index (χ4n) is 11.2. The summed E-state index contributed by atoms with van der Waals surface area (Å²) in [7, 11) is 3.43. The number of carbonyl (C=O) groups excluding carboxylic acids is 1. The number of methoxy groups -OCH3 is 2. The molecule has 4 fully saturated rings. The second kappa shape index (κ2) is 21.0. The lowest BCUT2D eigenvalue weighted by Crippen LogP contribution is -2.51. The Hall–Kier alpha value is -6.57. The zero-order valence-electron chi connectivity index (χ0n) is 39.7. The maximum absolute atomic E-state index is 13.6. The molecule has 4 aromatic heterocycles. The lowest BCUT2D eigenvalue weighted by Gasteiger charge is -2.42. The summed E-state index contributed by atoms with van der Waals surface area (Å²) in [5.41, 5.74) is 8.80. The van der Waals surface area contributed by atoms with Gasteiger partial charge in [-0.3, -0.25) is 19.7 Å². The molecule has 12 rings (SSSR count). The number of nitrogens with one attached hydrogen (secondary N) is 3. The quantitative estimate of drug-likeness (QED) is 0.144. The van der Waals surface area contributed by atoms with Gasteiger partial charge in [-0.25, -0.2) is 8.78 Å². The van der Waals surface area contributed by atoms with Gasteiger partial charge in [0.05, 0.1) is 36.6 Å². The van der Waals surface area contributed by atoms with Crippen LogP contribution in [0.25, 0.3) is 43.6 Å². The van der Waals surface area contributed by atoms with Crippen molar-refractivity contribution in [1.29, 1.82) is 0 Å². The minimum atomic E-state index is -0.218. The molecule has 0 atom stereocenters. The summed E-state index contributed by atoms with van der Waals surface area (Å²) in [6, 6.07) is 27.0. The van der Waals surface area contributed by atoms with Crippen molar-refractivity contribution in [2.45, 2.75) is 69.2 Å². The number of ether oxygens (including phenoxy) is 2. The van der Waals surface area contributed by atoms with E-state index in [0.29, 0.717) is 36.5 Å². The zero-order valence-corrected chi connectivity index (χ0v) is 39.7. The number of aromatic amines is 2. The van der Waals surface area contributed by atoms with E-state index in [0.717, 1.165) is 115 Å². The lowest BCUT2D eigenvalue weighted by molar-refractivity contribution is -0.120. The molecular formula is C56H62F2N8O3. The molecule has 0 radical (unpaired) electrons. The van der Waals surface area contributed by atoms with Crippen molar-refractivity contribution >= 4 is 60.8 Å². The highest BCUT2D eigenvalue weighted by atomic mass is 19.1. The molecule has 69 heavy (non-hydrogen) atoms. The smallest absolute Gasteiger partial charge is 0.132 e. The predicted molar refractivity (Wildman–Crippen MR) is 273 cm³/mol. The number of Topliss-reactive ketones (excluding diaryl/α,β-unsaturated/α-hetero) is 1. The van der Waals surface area contributed by atoms with Gasteiger partial charge in [0.1, 0.15) is 28.9 Å². The topological polar surface area (TPSA) is 115 Å². The zero-order chi connectivity index (χ0) is 47.3. The van der Waals surface area contributed by atoms with Crippen LogP contribution >= 0.6 is 0 Å². The van der Waals surface area contributed by atoms with Crippen molar-refractivity contribution in [3.05, 3.63) is 132 Å². The number of pyridine rings is 2. The van der Waals surface area contributed by atoms with Gasteiger partial charge in [-0.05, 0) is 122 Å². The molecule has 11 nitrogen and oxygen atoms in total. The fraction of sp³-hybridized carbons (Fsp3) is 0.375. The van der Waals surface area contributed by atoms with Gasteiger partial charge in [-0.2, -0.15) is 0 Å². The molecule has 0 spiro atoms. The number of fused-ring (bicyclic) bond motifs is 4. The number of aromatic nitrogens is 4. The summed E-state index contributed by atoms with van der Waals surface area (Å²) in [6.45, 7) is 8.23. The summed E-state index contributed by atoms with van der Waals surface area (Å²) >= 11 is 0. The Morgan fingerprint density at radius 2 is 1.07 bits per heavy atom. The molecule has 0 unspecified atom stereocenters. The van der Waals surface area contributed by atoms with Crippen molar-refractivity contribution in [2.24, 2.45) is 0 Å². The van der Waals surface area contributed by atoms with Crippen LogP contribution in [0.3, 0.4) is 0 Å². The molecule has 4 aliphatic rings. The minimum absolute atomic E-state index is 0.179. The highest BCUT2D eigenvalue weighted by Gasteiger charge is 2.31. The second-order valence-corrected chi connectivity index (χ2v) is 18.9. The summed E-state index contributed by atoms with van der Waals surface area (Å²) < 4.78 is 37.6. The van der Waals surface area contributed by atoms with Gasteiger partial charge >= 0.3 is 0 Å². The van der Waals surface area contributed by atoms with E-state index in [-0.39, 0.29) is 11.6 Å². The summed E-state index contributed by atoms with van der Waals surface area (Å²) in [4.78, 5) is 34.3. The molecule has 6 heterocycles. The molecule has 2 aliphatic carbocycles. The van der Waals surface area contributed by atoms with Crippen LogP contribution in [0.2, 0.25) is 0 Å². The molecule has 8 aromatic rings. The average molecular weight is 933 g/mol. The van der Waals surface area contributed by atoms with Crippen molar-refractivity contribution in [3.8, 4) is 11.5 Å². The predicted octanol–water partition coefficient (Wildman–Crippen LogP) is 10.9. The fourth-order valence-corrected chi connectivity index (χ4v) is 11.2. The Labute approximate surface area is 402 Å². The number of halogens is 2. The number of hydrogen-bond acceptors (Lipinski definition) is 9. The molecule has 13 heteroatoms. The maximum Gasteiger partial charge on any atom is 0.132 e. The number of H-pyrrole nitrogens is 2. The normalized spacial score (nSPS) is 19.3. The molecule has 4 aromatic carbocycles. The molecule has 3 N–H and O–H groups in total. The Kier molecular flexibility index (Phi) is 14.0. The van der Waals surface area contributed by atoms with Gasteiger partial charge in [-0.15, -0.1) is 0 Å². The third-order valence-corrected chi connectivity index (χ3v) is 14.9. The van der Waals surface area contributed by atoms with Crippen LogP contribution in [0.4, 0.5) is 20.2 Å². The van der Waals surface area contributed by atoms with E-state index in [2.05, 4.69) is 76.5 Å². The number of anilines is 2. The third-order valence-electron chi connectivity index (χ3n) is 14.9. The van der Waals surface area contributed by atoms with Crippen LogP contribution in [0, 0.1) is 11.6 Å². The van der Waals surface area contributed by atoms with E-state index >= 15 is 0 Å². The van der Waals surface area contributed by atoms with Gasteiger partial charge in [0, 0.05) is 141 Å². The van der Waals surface area contributed by atoms with E-state index < -0.39 is 0 Å². The minimum Gasteiger partial charge on any atom is -0.497 e. The Morgan fingerprint density at radius 1 is 0.580 bits per heavy atom. The monoisotopic (exact) mass is 932 g/mol. The van der Waals surface area contributed by atoms with Crippen LogP contribution in [-0.4, -0.2) is 103 Å². The van der Waals surface area contributed by atoms with E-state index in [1.807, 2.05) is 48.9 Å². The lowest BCUT2D eigenvalue weighted by atomic mass is 9.81. The van der Waals surface area contributed by atoms with E-state index in [9.17, 15) is 13.6 Å². The number of ketones is 1. The first-order valence-electron chi connectivity index (χ1n) is 24.7. The first-order valence-corrected chi connectivity index (χ1v) is 24.7. The number of hydrogen-bond donors (Lipinski definition) is 3. The first kappa shape index (κ1) is 46.2. The molecule has 0 amide bonds. The number of nitrogens with zero attached hydrogens (tertiary/aromatic N) is 5. The van der Waals surface area contributed by atoms with Crippen LogP contribution in [-0.2, 0) is 4.79 Å². The van der Waals surface area contributed by atoms with Crippen LogP contribution in [0.1, 0.15) is 74.3 Å². The van der Waals surface area contributed by atoms with Gasteiger partial charge in [0.2, 0.25) is 0 Å². The van der Waals surface area contributed by atoms with Gasteiger partial charge < -0.3 is 34.6 Å². The largest absolute Gasteiger partial charge is 0.497 e. The average Bonchev–Trinajstić information content (AvgIpc) is 4.03. The van der Waals surface area contributed by atoms with E-state index in [1.54, 1.807) is 26.4 Å². The summed E-state index contributed by atoms with van der Waals surface area (Å²) in [5.74, 6) is 2.75. The van der Waals surface area contributed by atoms with Crippen molar-refractivity contribution in [1.82, 2.24) is 30.2 Å². The van der Waals surface area contributed by atoms with Crippen LogP contribution in [0.5, 0.6) is 11.5 Å². The summed E-state index contributed by atoms with van der Waals surface area (Å²) in [6.07, 6.45) is 15.8. The van der Waals surface area contributed by atoms with E-state index in [1.165, 1.54) is 65.7 Å². The standard InChI is InChI=1S/C28H31FN4O.C14H14FNO.C14H17N3O/c1-34-23-15-20-3-2-10-30-28(20)27(17-23)33-13-11-32(12-14-33)22-7-4-19(5-8-22)25-18-31-26-16-21(29)6-9-24(25)26;15-10-3-6-12-13(8-16-14(12)7-10)9-1-4-11(17)5-2-9;1-18-12-9-11-3-2-4-16-14(11)13(10-12)17-7-5-15-6-8-17/h2-3,6,9-10,15-19,22,31H,4-5,7-8,11-14H2,1H3;3,6-9,16H,1-2,4-5H2;2-4,9-10,15H,5-8H2,1H3. The highest BCUT2D eigenvalue weighted by molar-refractivity contribution is 5.93. The Morgan fingerprint density at radius 3 is 1.58 bits per heavy atom. The summed E-state index contributed by atoms with van der Waals surface area (Å²) in [5, 5.41) is 7.89. The number of carbonyl (C=O) groups is 1. The Balaban J connectivity index is 0.000000133. The molecule has 2 saturated carbocycles. The first-order chi connectivity index (χ1) is 33.8. The number of benzene rings is 4. The Bertz CT molecular complexity index is 3030. The van der Waals surface area contributed by atoms with Crippen molar-refractivity contribution in [3.63, 3.8) is 0 Å². The highest BCUT2D eigenvalue weighted by Crippen LogP contribution is 2.40. The maximum atomic E-state index is 13.6. The molecule has 358 valence electrons.